The first-order chi connectivity index (χ1) is 15.6. The third kappa shape index (κ3) is 3.27. The lowest BCUT2D eigenvalue weighted by Gasteiger charge is -2.53. The summed E-state index contributed by atoms with van der Waals surface area (Å²) >= 11 is 0. The Kier molecular flexibility index (Phi) is 5.21. The van der Waals surface area contributed by atoms with Crippen LogP contribution in [0.5, 0.6) is 0 Å². The quantitative estimate of drug-likeness (QED) is 0.614. The maximum Gasteiger partial charge on any atom is 0.259 e. The maximum atomic E-state index is 15.0. The zero-order chi connectivity index (χ0) is 22.1. The molecule has 0 bridgehead atoms. The SMILES string of the molecule is O=C(Nc1ccccn1)[C@H]1c2ccccc2C(=O)N(c2ccccc2F)C12CCCCC2. The first-order valence-corrected chi connectivity index (χ1v) is 11.0. The minimum Gasteiger partial charge on any atom is -0.310 e. The fourth-order valence-electron chi connectivity index (χ4n) is 5.36. The molecule has 1 fully saturated rings. The van der Waals surface area contributed by atoms with Crippen LogP contribution in [0.2, 0.25) is 0 Å². The third-order valence-electron chi connectivity index (χ3n) is 6.68. The van der Waals surface area contributed by atoms with Gasteiger partial charge in [0.1, 0.15) is 11.6 Å². The summed E-state index contributed by atoms with van der Waals surface area (Å²) in [5.41, 5.74) is 0.517. The first-order valence-electron chi connectivity index (χ1n) is 11.0. The number of benzene rings is 2. The molecule has 0 unspecified atom stereocenters. The minimum atomic E-state index is -0.843. The van der Waals surface area contributed by atoms with Gasteiger partial charge in [0.2, 0.25) is 5.91 Å². The topological polar surface area (TPSA) is 62.3 Å². The summed E-state index contributed by atoms with van der Waals surface area (Å²) < 4.78 is 15.0. The number of amides is 2. The second-order valence-electron chi connectivity index (χ2n) is 8.48. The van der Waals surface area contributed by atoms with E-state index in [2.05, 4.69) is 10.3 Å². The zero-order valence-corrected chi connectivity index (χ0v) is 17.6. The summed E-state index contributed by atoms with van der Waals surface area (Å²) in [6, 6.07) is 18.9. The van der Waals surface area contributed by atoms with Gasteiger partial charge in [-0.15, -0.1) is 0 Å². The van der Waals surface area contributed by atoms with E-state index in [4.69, 9.17) is 0 Å². The number of hydrogen-bond donors (Lipinski definition) is 1. The number of hydrogen-bond acceptors (Lipinski definition) is 3. The van der Waals surface area contributed by atoms with Gasteiger partial charge in [-0.05, 0) is 48.7 Å². The summed E-state index contributed by atoms with van der Waals surface area (Å²) in [6.07, 6.45) is 5.64. The second-order valence-corrected chi connectivity index (χ2v) is 8.48. The van der Waals surface area contributed by atoms with Crippen molar-refractivity contribution in [1.82, 2.24) is 4.98 Å². The molecule has 1 aliphatic carbocycles. The molecule has 1 saturated carbocycles. The lowest BCUT2D eigenvalue weighted by atomic mass is 9.65. The number of pyridine rings is 1. The number of para-hydroxylation sites is 1. The average molecular weight is 429 g/mol. The number of anilines is 2. The highest BCUT2D eigenvalue weighted by Crippen LogP contribution is 2.51. The summed E-state index contributed by atoms with van der Waals surface area (Å²) in [6.45, 7) is 0. The van der Waals surface area contributed by atoms with Crippen LogP contribution in [0.25, 0.3) is 0 Å². The third-order valence-corrected chi connectivity index (χ3v) is 6.68. The molecule has 1 spiro atoms. The molecular formula is C26H24FN3O2. The normalized spacial score (nSPS) is 19.5. The molecule has 2 heterocycles. The average Bonchev–Trinajstić information content (AvgIpc) is 2.82. The van der Waals surface area contributed by atoms with Crippen molar-refractivity contribution in [3.8, 4) is 0 Å². The fraction of sp³-hybridized carbons (Fsp3) is 0.269. The van der Waals surface area contributed by atoms with Crippen LogP contribution in [0.3, 0.4) is 0 Å². The molecule has 2 aliphatic rings. The predicted octanol–water partition coefficient (Wildman–Crippen LogP) is 5.31. The van der Waals surface area contributed by atoms with Gasteiger partial charge in [-0.2, -0.15) is 0 Å². The summed E-state index contributed by atoms with van der Waals surface area (Å²) in [5, 5.41) is 2.94. The van der Waals surface area contributed by atoms with E-state index in [0.717, 1.165) is 19.3 Å². The molecule has 1 N–H and O–H groups in total. The van der Waals surface area contributed by atoms with Crippen LogP contribution in [0.1, 0.15) is 53.9 Å². The van der Waals surface area contributed by atoms with Gasteiger partial charge >= 0.3 is 0 Å². The Morgan fingerprint density at radius 2 is 1.69 bits per heavy atom. The lowest BCUT2D eigenvalue weighted by Crippen LogP contribution is -2.62. The minimum absolute atomic E-state index is 0.226. The van der Waals surface area contributed by atoms with Crippen LogP contribution >= 0.6 is 0 Å². The van der Waals surface area contributed by atoms with E-state index in [9.17, 15) is 9.59 Å². The Balaban J connectivity index is 1.70. The summed E-state index contributed by atoms with van der Waals surface area (Å²) in [7, 11) is 0. The van der Waals surface area contributed by atoms with Crippen molar-refractivity contribution in [2.24, 2.45) is 0 Å². The van der Waals surface area contributed by atoms with Gasteiger partial charge in [0, 0.05) is 11.8 Å². The Bertz CT molecular complexity index is 1160. The molecule has 32 heavy (non-hydrogen) atoms. The van der Waals surface area contributed by atoms with Crippen molar-refractivity contribution in [2.75, 3.05) is 10.2 Å². The summed E-state index contributed by atoms with van der Waals surface area (Å²) in [5.74, 6) is -1.14. The largest absolute Gasteiger partial charge is 0.310 e. The van der Waals surface area contributed by atoms with E-state index in [0.29, 0.717) is 29.8 Å². The molecule has 5 rings (SSSR count). The number of halogens is 1. The van der Waals surface area contributed by atoms with Crippen LogP contribution in [0.4, 0.5) is 15.9 Å². The van der Waals surface area contributed by atoms with Gasteiger partial charge in [0.25, 0.3) is 5.91 Å². The molecule has 1 aromatic heterocycles. The number of rotatable bonds is 3. The fourth-order valence-corrected chi connectivity index (χ4v) is 5.36. The van der Waals surface area contributed by atoms with Crippen molar-refractivity contribution in [3.63, 3.8) is 0 Å². The highest BCUT2D eigenvalue weighted by atomic mass is 19.1. The molecule has 0 radical (unpaired) electrons. The smallest absolute Gasteiger partial charge is 0.259 e. The maximum absolute atomic E-state index is 15.0. The first kappa shape index (κ1) is 20.4. The Morgan fingerprint density at radius 3 is 2.44 bits per heavy atom. The summed E-state index contributed by atoms with van der Waals surface area (Å²) in [4.78, 5) is 33.4. The van der Waals surface area contributed by atoms with E-state index >= 15 is 4.39 Å². The molecule has 1 aliphatic heterocycles. The molecule has 2 amide bonds. The highest BCUT2D eigenvalue weighted by Gasteiger charge is 2.55. The van der Waals surface area contributed by atoms with Crippen molar-refractivity contribution in [3.05, 3.63) is 89.9 Å². The molecule has 3 aromatic rings. The number of carbonyl (C=O) groups excluding carboxylic acids is 2. The Hall–Kier alpha value is -3.54. The molecule has 162 valence electrons. The predicted molar refractivity (Wildman–Crippen MR) is 121 cm³/mol. The van der Waals surface area contributed by atoms with Crippen LogP contribution in [0, 0.1) is 5.82 Å². The van der Waals surface area contributed by atoms with Crippen LogP contribution < -0.4 is 10.2 Å². The van der Waals surface area contributed by atoms with E-state index in [1.807, 2.05) is 18.2 Å². The van der Waals surface area contributed by atoms with Gasteiger partial charge in [-0.25, -0.2) is 9.37 Å². The molecule has 5 nitrogen and oxygen atoms in total. The molecule has 1 atom stereocenters. The van der Waals surface area contributed by atoms with Crippen molar-refractivity contribution in [2.45, 2.75) is 43.6 Å². The van der Waals surface area contributed by atoms with Gasteiger partial charge in [-0.3, -0.25) is 14.5 Å². The monoisotopic (exact) mass is 429 g/mol. The Morgan fingerprint density at radius 1 is 0.969 bits per heavy atom. The van der Waals surface area contributed by atoms with Crippen LogP contribution in [-0.2, 0) is 4.79 Å². The highest BCUT2D eigenvalue weighted by molar-refractivity contribution is 6.13. The van der Waals surface area contributed by atoms with Gasteiger partial charge < -0.3 is 5.32 Å². The van der Waals surface area contributed by atoms with Gasteiger partial charge in [0.05, 0.1) is 17.1 Å². The lowest BCUT2D eigenvalue weighted by molar-refractivity contribution is -0.119. The van der Waals surface area contributed by atoms with E-state index in [1.165, 1.54) is 6.07 Å². The molecular weight excluding hydrogens is 405 g/mol. The van der Waals surface area contributed by atoms with Gasteiger partial charge in [-0.1, -0.05) is 55.7 Å². The molecule has 0 saturated heterocycles. The molecule has 6 heteroatoms. The van der Waals surface area contributed by atoms with E-state index in [1.54, 1.807) is 53.6 Å². The van der Waals surface area contributed by atoms with Crippen molar-refractivity contribution >= 4 is 23.3 Å². The van der Waals surface area contributed by atoms with E-state index in [-0.39, 0.29) is 17.5 Å². The second kappa shape index (κ2) is 8.19. The number of aromatic nitrogens is 1. The van der Waals surface area contributed by atoms with Crippen LogP contribution in [0.15, 0.2) is 72.9 Å². The Labute approximate surface area is 186 Å². The van der Waals surface area contributed by atoms with E-state index < -0.39 is 17.3 Å². The number of carbonyl (C=O) groups is 2. The standard InChI is InChI=1S/C26H24FN3O2/c27-20-12-4-5-13-21(20)30-25(32)19-11-3-2-10-18(19)23(26(30)15-7-1-8-16-26)24(31)29-22-14-6-9-17-28-22/h2-6,9-14,17,23H,1,7-8,15-16H2,(H,28,29,31)/t23-/m1/s1. The van der Waals surface area contributed by atoms with Crippen LogP contribution in [-0.4, -0.2) is 22.3 Å². The number of nitrogens with one attached hydrogen (secondary N) is 1. The van der Waals surface area contributed by atoms with Crippen molar-refractivity contribution < 1.29 is 14.0 Å². The van der Waals surface area contributed by atoms with Gasteiger partial charge in [0.15, 0.2) is 0 Å². The van der Waals surface area contributed by atoms with Crippen molar-refractivity contribution in [1.29, 1.82) is 0 Å². The molecule has 2 aromatic carbocycles. The zero-order valence-electron chi connectivity index (χ0n) is 17.6. The number of fused-ring (bicyclic) bond motifs is 1. The number of nitrogens with zero attached hydrogens (tertiary/aromatic N) is 2.